The van der Waals surface area contributed by atoms with E-state index in [0.29, 0.717) is 24.2 Å². The zero-order valence-electron chi connectivity index (χ0n) is 17.2. The van der Waals surface area contributed by atoms with Gasteiger partial charge in [-0.1, -0.05) is 12.8 Å². The standard InChI is InChI=1S/C23H31N3O3/c1-17-6-4-13-26(17)14-5-15-28-20-11-9-18(10-12-20)23-25-21(16-29-23)22(27)24-19-7-2-3-8-19/h9-12,16-17,19H,2-8,13-15H2,1H3,(H,24,27). The van der Waals surface area contributed by atoms with Crippen LogP contribution >= 0.6 is 0 Å². The van der Waals surface area contributed by atoms with Gasteiger partial charge in [0, 0.05) is 24.2 Å². The molecule has 156 valence electrons. The molecule has 1 saturated heterocycles. The van der Waals surface area contributed by atoms with Crippen molar-refractivity contribution in [2.24, 2.45) is 0 Å². The Kier molecular flexibility index (Phi) is 6.49. The first kappa shape index (κ1) is 20.0. The third-order valence-corrected chi connectivity index (χ3v) is 6.08. The molecule has 1 aromatic carbocycles. The molecule has 1 N–H and O–H groups in total. The second kappa shape index (κ2) is 9.44. The number of nitrogens with zero attached hydrogens (tertiary/aromatic N) is 2. The van der Waals surface area contributed by atoms with E-state index in [1.54, 1.807) is 0 Å². The van der Waals surface area contributed by atoms with Crippen molar-refractivity contribution in [3.63, 3.8) is 0 Å². The Morgan fingerprint density at radius 1 is 1.21 bits per heavy atom. The van der Waals surface area contributed by atoms with Crippen molar-refractivity contribution < 1.29 is 13.9 Å². The first-order valence-corrected chi connectivity index (χ1v) is 10.9. The average Bonchev–Trinajstić information content (AvgIpc) is 3.48. The second-order valence-electron chi connectivity index (χ2n) is 8.25. The molecule has 0 bridgehead atoms. The van der Waals surface area contributed by atoms with Gasteiger partial charge in [-0.3, -0.25) is 4.79 Å². The van der Waals surface area contributed by atoms with Crippen LogP contribution in [0.3, 0.4) is 0 Å². The Morgan fingerprint density at radius 2 is 2.00 bits per heavy atom. The fraction of sp³-hybridized carbons (Fsp3) is 0.565. The van der Waals surface area contributed by atoms with Gasteiger partial charge in [0.25, 0.3) is 5.91 Å². The fourth-order valence-corrected chi connectivity index (χ4v) is 4.32. The number of ether oxygens (including phenoxy) is 1. The van der Waals surface area contributed by atoms with Gasteiger partial charge in [0.15, 0.2) is 5.69 Å². The van der Waals surface area contributed by atoms with Crippen LogP contribution in [0.5, 0.6) is 5.75 Å². The minimum absolute atomic E-state index is 0.154. The van der Waals surface area contributed by atoms with E-state index in [1.165, 1.54) is 38.5 Å². The Balaban J connectivity index is 1.25. The summed E-state index contributed by atoms with van der Waals surface area (Å²) in [6.07, 6.45) is 9.56. The predicted octanol–water partition coefficient (Wildman–Crippen LogP) is 4.27. The fourth-order valence-electron chi connectivity index (χ4n) is 4.32. The zero-order chi connectivity index (χ0) is 20.1. The van der Waals surface area contributed by atoms with Crippen LogP contribution in [0.1, 0.15) is 62.4 Å². The summed E-state index contributed by atoms with van der Waals surface area (Å²) in [6, 6.07) is 8.67. The topological polar surface area (TPSA) is 67.6 Å². The number of benzene rings is 1. The lowest BCUT2D eigenvalue weighted by atomic mass is 10.2. The molecule has 6 nitrogen and oxygen atoms in total. The largest absolute Gasteiger partial charge is 0.494 e. The summed E-state index contributed by atoms with van der Waals surface area (Å²) < 4.78 is 11.4. The maximum atomic E-state index is 12.3. The molecule has 2 aliphatic rings. The SMILES string of the molecule is CC1CCCN1CCCOc1ccc(-c2nc(C(=O)NC3CCCC3)co2)cc1. The van der Waals surface area contributed by atoms with Crippen LogP contribution in [0.15, 0.2) is 34.9 Å². The number of carbonyl (C=O) groups excluding carboxylic acids is 1. The van der Waals surface area contributed by atoms with E-state index in [9.17, 15) is 4.79 Å². The van der Waals surface area contributed by atoms with Crippen LogP contribution in [-0.2, 0) is 0 Å². The quantitative estimate of drug-likeness (QED) is 0.674. The van der Waals surface area contributed by atoms with Crippen LogP contribution in [-0.4, -0.2) is 47.6 Å². The normalized spacial score (nSPS) is 20.2. The van der Waals surface area contributed by atoms with Gasteiger partial charge < -0.3 is 19.4 Å². The van der Waals surface area contributed by atoms with Crippen molar-refractivity contribution in [2.45, 2.75) is 64.0 Å². The molecule has 1 aliphatic heterocycles. The summed E-state index contributed by atoms with van der Waals surface area (Å²) in [6.45, 7) is 5.33. The van der Waals surface area contributed by atoms with E-state index in [2.05, 4.69) is 22.1 Å². The van der Waals surface area contributed by atoms with Gasteiger partial charge >= 0.3 is 0 Å². The lowest BCUT2D eigenvalue weighted by Gasteiger charge is -2.20. The summed E-state index contributed by atoms with van der Waals surface area (Å²) in [5.41, 5.74) is 1.17. The molecule has 2 aromatic rings. The molecule has 6 heteroatoms. The third kappa shape index (κ3) is 5.18. The Morgan fingerprint density at radius 3 is 2.72 bits per heavy atom. The number of amides is 1. The molecule has 4 rings (SSSR count). The predicted molar refractivity (Wildman–Crippen MR) is 112 cm³/mol. The maximum absolute atomic E-state index is 12.3. The molecule has 0 radical (unpaired) electrons. The number of carbonyl (C=O) groups is 1. The highest BCUT2D eigenvalue weighted by molar-refractivity contribution is 5.92. The van der Waals surface area contributed by atoms with Gasteiger partial charge in [-0.2, -0.15) is 0 Å². The Bertz CT molecular complexity index is 796. The molecule has 1 amide bonds. The van der Waals surface area contributed by atoms with Crippen LogP contribution in [0.4, 0.5) is 0 Å². The molecule has 2 fully saturated rings. The highest BCUT2D eigenvalue weighted by Crippen LogP contribution is 2.23. The van der Waals surface area contributed by atoms with Gasteiger partial charge in [-0.25, -0.2) is 4.98 Å². The number of rotatable bonds is 8. The number of hydrogen-bond acceptors (Lipinski definition) is 5. The molecule has 0 spiro atoms. The average molecular weight is 398 g/mol. The van der Waals surface area contributed by atoms with E-state index >= 15 is 0 Å². The van der Waals surface area contributed by atoms with Gasteiger partial charge in [0.1, 0.15) is 12.0 Å². The summed E-state index contributed by atoms with van der Waals surface area (Å²) in [4.78, 5) is 19.2. The molecule has 29 heavy (non-hydrogen) atoms. The summed E-state index contributed by atoms with van der Waals surface area (Å²) in [5.74, 6) is 1.14. The van der Waals surface area contributed by atoms with Crippen molar-refractivity contribution in [3.8, 4) is 17.2 Å². The number of likely N-dealkylation sites (tertiary alicyclic amines) is 1. The van der Waals surface area contributed by atoms with Crippen LogP contribution in [0, 0.1) is 0 Å². The van der Waals surface area contributed by atoms with E-state index in [0.717, 1.165) is 37.1 Å². The van der Waals surface area contributed by atoms with Crippen molar-refractivity contribution in [3.05, 3.63) is 36.2 Å². The molecular weight excluding hydrogens is 366 g/mol. The molecule has 1 aliphatic carbocycles. The summed E-state index contributed by atoms with van der Waals surface area (Å²) >= 11 is 0. The molecular formula is C23H31N3O3. The molecule has 1 unspecified atom stereocenters. The first-order valence-electron chi connectivity index (χ1n) is 10.9. The minimum Gasteiger partial charge on any atom is -0.494 e. The van der Waals surface area contributed by atoms with Crippen LogP contribution < -0.4 is 10.1 Å². The number of aromatic nitrogens is 1. The Hall–Kier alpha value is -2.34. The van der Waals surface area contributed by atoms with E-state index in [-0.39, 0.29) is 11.9 Å². The van der Waals surface area contributed by atoms with Crippen molar-refractivity contribution in [1.82, 2.24) is 15.2 Å². The number of nitrogens with one attached hydrogen (secondary N) is 1. The Labute approximate surface area is 172 Å². The van der Waals surface area contributed by atoms with Gasteiger partial charge in [-0.15, -0.1) is 0 Å². The van der Waals surface area contributed by atoms with E-state index in [4.69, 9.17) is 9.15 Å². The van der Waals surface area contributed by atoms with Gasteiger partial charge in [0.2, 0.25) is 5.89 Å². The van der Waals surface area contributed by atoms with Crippen LogP contribution in [0.2, 0.25) is 0 Å². The first-order chi connectivity index (χ1) is 14.2. The van der Waals surface area contributed by atoms with Crippen molar-refractivity contribution in [2.75, 3.05) is 19.7 Å². The minimum atomic E-state index is -0.154. The monoisotopic (exact) mass is 397 g/mol. The lowest BCUT2D eigenvalue weighted by molar-refractivity contribution is 0.0933. The molecule has 1 atom stereocenters. The summed E-state index contributed by atoms with van der Waals surface area (Å²) in [5, 5.41) is 3.04. The molecule has 1 saturated carbocycles. The van der Waals surface area contributed by atoms with Crippen LogP contribution in [0.25, 0.3) is 11.5 Å². The van der Waals surface area contributed by atoms with Gasteiger partial charge in [-0.05, 0) is 69.8 Å². The number of oxazole rings is 1. The van der Waals surface area contributed by atoms with Crippen molar-refractivity contribution in [1.29, 1.82) is 0 Å². The maximum Gasteiger partial charge on any atom is 0.273 e. The third-order valence-electron chi connectivity index (χ3n) is 6.08. The number of hydrogen-bond donors (Lipinski definition) is 1. The smallest absolute Gasteiger partial charge is 0.273 e. The highest BCUT2D eigenvalue weighted by atomic mass is 16.5. The highest BCUT2D eigenvalue weighted by Gasteiger charge is 2.21. The van der Waals surface area contributed by atoms with E-state index in [1.807, 2.05) is 24.3 Å². The van der Waals surface area contributed by atoms with Crippen molar-refractivity contribution >= 4 is 5.91 Å². The molecule has 1 aromatic heterocycles. The molecule has 2 heterocycles. The lowest BCUT2D eigenvalue weighted by Crippen LogP contribution is -2.32. The second-order valence-corrected chi connectivity index (χ2v) is 8.25. The summed E-state index contributed by atoms with van der Waals surface area (Å²) in [7, 11) is 0. The van der Waals surface area contributed by atoms with Gasteiger partial charge in [0.05, 0.1) is 6.61 Å². The zero-order valence-corrected chi connectivity index (χ0v) is 17.2. The van der Waals surface area contributed by atoms with E-state index < -0.39 is 0 Å².